The van der Waals surface area contributed by atoms with E-state index in [4.69, 9.17) is 4.42 Å². The zero-order valence-electron chi connectivity index (χ0n) is 23.8. The topological polar surface area (TPSA) is 57.9 Å². The summed E-state index contributed by atoms with van der Waals surface area (Å²) in [5.41, 5.74) is -0.337. The van der Waals surface area contributed by atoms with Crippen LogP contribution < -0.4 is 0 Å². The summed E-state index contributed by atoms with van der Waals surface area (Å²) in [6.45, 7) is 3.94. The van der Waals surface area contributed by atoms with E-state index in [1.807, 2.05) is 6.92 Å². The van der Waals surface area contributed by atoms with Gasteiger partial charge in [0.05, 0.1) is 18.6 Å². The van der Waals surface area contributed by atoms with E-state index in [-0.39, 0.29) is 16.9 Å². The van der Waals surface area contributed by atoms with Crippen molar-refractivity contribution in [3.05, 3.63) is 66.2 Å². The maximum atomic E-state index is 14.1. The van der Waals surface area contributed by atoms with Gasteiger partial charge in [0, 0.05) is 34.1 Å². The second kappa shape index (κ2) is 14.9. The van der Waals surface area contributed by atoms with E-state index in [1.165, 1.54) is 30.3 Å². The Morgan fingerprint density at radius 2 is 1.60 bits per heavy atom. The molecular weight excluding hydrogens is 643 g/mol. The Morgan fingerprint density at radius 1 is 0.911 bits per heavy atom. The number of rotatable bonds is 17. The van der Waals surface area contributed by atoms with Crippen LogP contribution in [0.4, 0.5) is 39.5 Å². The number of benzene rings is 2. The summed E-state index contributed by atoms with van der Waals surface area (Å²) in [7, 11) is 0. The number of thioether (sulfide) groups is 1. The molecule has 0 aliphatic carbocycles. The van der Waals surface area contributed by atoms with Crippen molar-refractivity contribution in [2.75, 3.05) is 12.4 Å². The first-order chi connectivity index (χ1) is 20.9. The zero-order valence-corrected chi connectivity index (χ0v) is 24.7. The molecule has 3 rings (SSSR count). The number of ether oxygens (including phenoxy) is 3. The van der Waals surface area contributed by atoms with Gasteiger partial charge in [-0.25, -0.2) is 14.3 Å². The smallest absolute Gasteiger partial charge is 0.462 e. The van der Waals surface area contributed by atoms with Crippen molar-refractivity contribution < 1.29 is 62.9 Å². The van der Waals surface area contributed by atoms with Gasteiger partial charge in [0.25, 0.3) is 0 Å². The lowest BCUT2D eigenvalue weighted by molar-refractivity contribution is -0.514. The molecular formula is C30H29F9O5S. The fraction of sp³-hybridized carbons (Fsp3) is 0.433. The summed E-state index contributed by atoms with van der Waals surface area (Å²) in [5.74, 6) is -1.70. The van der Waals surface area contributed by atoms with Crippen molar-refractivity contribution in [2.45, 2.75) is 75.0 Å². The number of alkyl halides is 9. The van der Waals surface area contributed by atoms with Gasteiger partial charge in [-0.1, -0.05) is 38.5 Å². The van der Waals surface area contributed by atoms with Gasteiger partial charge >= 0.3 is 30.7 Å². The van der Waals surface area contributed by atoms with E-state index in [0.29, 0.717) is 28.3 Å². The predicted octanol–water partition coefficient (Wildman–Crippen LogP) is 10.2. The first kappa shape index (κ1) is 36.3. The van der Waals surface area contributed by atoms with Crippen LogP contribution >= 0.6 is 11.8 Å². The summed E-state index contributed by atoms with van der Waals surface area (Å²) < 4.78 is 141. The predicted molar refractivity (Wildman–Crippen MR) is 148 cm³/mol. The van der Waals surface area contributed by atoms with Crippen LogP contribution in [0.25, 0.3) is 22.3 Å². The number of unbranched alkanes of at least 4 members (excludes halogenated alkanes) is 2. The molecule has 0 N–H and O–H groups in total. The van der Waals surface area contributed by atoms with Crippen LogP contribution in [-0.2, 0) is 31.6 Å². The molecule has 0 unspecified atom stereocenters. The third kappa shape index (κ3) is 11.3. The summed E-state index contributed by atoms with van der Waals surface area (Å²) in [5, 5.41) is 0.431. The van der Waals surface area contributed by atoms with Crippen LogP contribution in [0, 0.1) is 0 Å². The largest absolute Gasteiger partial charge is 0.494 e. The van der Waals surface area contributed by atoms with E-state index in [9.17, 15) is 44.3 Å². The lowest BCUT2D eigenvalue weighted by Crippen LogP contribution is -2.41. The molecule has 0 radical (unpaired) electrons. The number of carbonyl (C=O) groups is 1. The minimum atomic E-state index is -5.40. The summed E-state index contributed by atoms with van der Waals surface area (Å²) >= 11 is 0.751. The molecule has 1 heterocycles. The van der Waals surface area contributed by atoms with Crippen molar-refractivity contribution in [1.29, 1.82) is 0 Å². The number of aryl methyl sites for hydroxylation is 1. The van der Waals surface area contributed by atoms with Gasteiger partial charge in [-0.15, -0.1) is 20.5 Å². The van der Waals surface area contributed by atoms with Crippen LogP contribution in [0.5, 0.6) is 0 Å². The second-order valence-corrected chi connectivity index (χ2v) is 11.0. The lowest BCUT2D eigenvalue weighted by Gasteiger charge is -2.26. The third-order valence-corrected chi connectivity index (χ3v) is 7.21. The SMILES string of the molecule is C=CC(=O)OCCC(F)(F)OC(F)(F)OC(F)(F)CCSc1ccc2cc(-c3ccc(CCCCC)cc3C(F)(F)F)oc2c1. The Labute approximate surface area is 256 Å². The number of hydrogen-bond donors (Lipinski definition) is 0. The number of fused-ring (bicyclic) bond motifs is 1. The van der Waals surface area contributed by atoms with Gasteiger partial charge < -0.3 is 9.15 Å². The van der Waals surface area contributed by atoms with Crippen molar-refractivity contribution in [3.8, 4) is 11.3 Å². The highest BCUT2D eigenvalue weighted by atomic mass is 32.2. The molecule has 0 aliphatic rings. The van der Waals surface area contributed by atoms with Gasteiger partial charge in [0.15, 0.2) is 0 Å². The normalized spacial score (nSPS) is 12.9. The molecule has 0 fully saturated rings. The maximum absolute atomic E-state index is 14.1. The Balaban J connectivity index is 1.63. The molecule has 45 heavy (non-hydrogen) atoms. The van der Waals surface area contributed by atoms with Crippen molar-refractivity contribution in [3.63, 3.8) is 0 Å². The fourth-order valence-electron chi connectivity index (χ4n) is 4.10. The summed E-state index contributed by atoms with van der Waals surface area (Å²) in [6.07, 6.45) is -18.5. The molecule has 0 saturated carbocycles. The average Bonchev–Trinajstić information content (AvgIpc) is 3.34. The monoisotopic (exact) mass is 672 g/mol. The van der Waals surface area contributed by atoms with Crippen molar-refractivity contribution >= 4 is 28.7 Å². The number of hydrogen-bond acceptors (Lipinski definition) is 6. The van der Waals surface area contributed by atoms with E-state index < -0.39 is 61.4 Å². The van der Waals surface area contributed by atoms with E-state index in [2.05, 4.69) is 20.8 Å². The first-order valence-electron chi connectivity index (χ1n) is 13.6. The maximum Gasteiger partial charge on any atom is 0.494 e. The molecule has 0 spiro atoms. The van der Waals surface area contributed by atoms with Gasteiger partial charge in [-0.3, -0.25) is 0 Å². The van der Waals surface area contributed by atoms with Crippen molar-refractivity contribution in [1.82, 2.24) is 0 Å². The lowest BCUT2D eigenvalue weighted by atomic mass is 9.98. The van der Waals surface area contributed by atoms with Gasteiger partial charge in [-0.2, -0.15) is 30.7 Å². The summed E-state index contributed by atoms with van der Waals surface area (Å²) in [4.78, 5) is 11.2. The summed E-state index contributed by atoms with van der Waals surface area (Å²) in [6, 6.07) is 9.78. The standard InChI is InChI=1S/C30H29F9O5S/c1-3-5-6-7-19-8-11-22(23(16-19)29(35,36)37)25-17-20-9-10-21(18-24(20)42-25)45-15-13-28(33,34)44-30(38,39)43-27(31,32)12-14-41-26(40)4-2/h4,8-11,16-18H,2-3,5-7,12-15H2,1H3. The molecule has 0 amide bonds. The Morgan fingerprint density at radius 3 is 2.24 bits per heavy atom. The van der Waals surface area contributed by atoms with Gasteiger partial charge in [0.1, 0.15) is 11.3 Å². The van der Waals surface area contributed by atoms with E-state index >= 15 is 0 Å². The van der Waals surface area contributed by atoms with E-state index in [1.54, 1.807) is 6.07 Å². The quantitative estimate of drug-likeness (QED) is 0.0355. The van der Waals surface area contributed by atoms with Crippen molar-refractivity contribution in [2.24, 2.45) is 0 Å². The molecule has 248 valence electrons. The highest BCUT2D eigenvalue weighted by Crippen LogP contribution is 2.41. The molecule has 0 saturated heterocycles. The van der Waals surface area contributed by atoms with Crippen LogP contribution in [0.3, 0.4) is 0 Å². The van der Waals surface area contributed by atoms with Crippen LogP contribution in [0.15, 0.2) is 64.4 Å². The molecule has 0 aliphatic heterocycles. The molecule has 0 bridgehead atoms. The Hall–Kier alpha value is -3.17. The fourth-order valence-corrected chi connectivity index (χ4v) is 5.03. The van der Waals surface area contributed by atoms with Crippen LogP contribution in [0.2, 0.25) is 0 Å². The zero-order chi connectivity index (χ0) is 33.5. The molecule has 15 heteroatoms. The van der Waals surface area contributed by atoms with E-state index in [0.717, 1.165) is 37.1 Å². The molecule has 1 aromatic heterocycles. The first-order valence-corrected chi connectivity index (χ1v) is 14.6. The second-order valence-electron chi connectivity index (χ2n) is 9.81. The number of esters is 1. The Bertz CT molecular complexity index is 1450. The number of halogens is 9. The average molecular weight is 673 g/mol. The third-order valence-electron chi connectivity index (χ3n) is 6.22. The number of furan rings is 1. The molecule has 0 atom stereocenters. The Kier molecular flexibility index (Phi) is 12.1. The molecule has 5 nitrogen and oxygen atoms in total. The van der Waals surface area contributed by atoms with Crippen LogP contribution in [0.1, 0.15) is 50.2 Å². The highest BCUT2D eigenvalue weighted by Gasteiger charge is 2.51. The van der Waals surface area contributed by atoms with Gasteiger partial charge in [-0.05, 0) is 48.7 Å². The minimum Gasteiger partial charge on any atom is -0.462 e. The highest BCUT2D eigenvalue weighted by molar-refractivity contribution is 7.99. The van der Waals surface area contributed by atoms with Crippen LogP contribution in [-0.4, -0.2) is 36.8 Å². The van der Waals surface area contributed by atoms with Gasteiger partial charge in [0.2, 0.25) is 0 Å². The molecule has 2 aromatic carbocycles. The molecule has 3 aromatic rings. The number of carbonyl (C=O) groups excluding carboxylic acids is 1. The minimum absolute atomic E-state index is 0.0579.